The lowest BCUT2D eigenvalue weighted by Crippen LogP contribution is -2.24. The quantitative estimate of drug-likeness (QED) is 0.433. The highest BCUT2D eigenvalue weighted by Crippen LogP contribution is 2.18. The second-order valence-electron chi connectivity index (χ2n) is 7.23. The van der Waals surface area contributed by atoms with Crippen LogP contribution >= 0.6 is 0 Å². The molecule has 0 aliphatic carbocycles. The summed E-state index contributed by atoms with van der Waals surface area (Å²) in [6, 6.07) is 27.2. The Morgan fingerprint density at radius 2 is 1.62 bits per heavy atom. The number of nitrogens with zero attached hydrogens (tertiary/aromatic N) is 4. The molecule has 0 radical (unpaired) electrons. The normalized spacial score (nSPS) is 10.9. The van der Waals surface area contributed by atoms with Crippen molar-refractivity contribution in [3.8, 4) is 5.88 Å². The second kappa shape index (κ2) is 10.2. The van der Waals surface area contributed by atoms with Crippen LogP contribution in [0.2, 0.25) is 0 Å². The van der Waals surface area contributed by atoms with Gasteiger partial charge in [-0.3, -0.25) is 4.79 Å². The van der Waals surface area contributed by atoms with E-state index in [4.69, 9.17) is 4.74 Å². The lowest BCUT2D eigenvalue weighted by Gasteiger charge is -2.08. The summed E-state index contributed by atoms with van der Waals surface area (Å²) < 4.78 is 5.94. The van der Waals surface area contributed by atoms with Crippen LogP contribution in [0.1, 0.15) is 32.7 Å². The number of hydrogen-bond acceptors (Lipinski definition) is 5. The van der Waals surface area contributed by atoms with Crippen molar-refractivity contribution in [1.29, 1.82) is 0 Å². The Bertz CT molecular complexity index is 1190. The Hall–Kier alpha value is -4.26. The van der Waals surface area contributed by atoms with Gasteiger partial charge in [-0.2, -0.15) is 5.10 Å². The molecule has 1 aromatic heterocycles. The molecule has 4 rings (SSSR count). The monoisotopic (exact) mass is 425 g/mol. The van der Waals surface area contributed by atoms with Gasteiger partial charge in [-0.05, 0) is 28.8 Å². The summed E-state index contributed by atoms with van der Waals surface area (Å²) in [6.07, 6.45) is 1.65. The molecule has 1 heterocycles. The van der Waals surface area contributed by atoms with E-state index >= 15 is 0 Å². The molecule has 0 aliphatic heterocycles. The highest BCUT2D eigenvalue weighted by molar-refractivity contribution is 5.94. The number of rotatable bonds is 8. The zero-order valence-electron chi connectivity index (χ0n) is 17.7. The van der Waals surface area contributed by atoms with E-state index in [9.17, 15) is 4.79 Å². The number of nitrogens with one attached hydrogen (secondary N) is 1. The standard InChI is InChI=1S/C25H23N5O2/c1-19-12-14-21(15-13-19)17-27-30-25(32-18-22-10-6-3-7-11-22)23(28-29-30)24(31)26-16-20-8-4-2-5-9-20/h2-15,17H,16,18H2,1H3,(H,26,31)/b27-17-. The van der Waals surface area contributed by atoms with Crippen LogP contribution in [0.25, 0.3) is 0 Å². The van der Waals surface area contributed by atoms with E-state index in [0.29, 0.717) is 6.54 Å². The van der Waals surface area contributed by atoms with Crippen LogP contribution in [0.4, 0.5) is 0 Å². The maximum atomic E-state index is 12.8. The van der Waals surface area contributed by atoms with E-state index in [0.717, 1.165) is 22.3 Å². The molecule has 1 N–H and O–H groups in total. The van der Waals surface area contributed by atoms with E-state index in [-0.39, 0.29) is 24.1 Å². The molecule has 32 heavy (non-hydrogen) atoms. The fourth-order valence-corrected chi connectivity index (χ4v) is 2.97. The van der Waals surface area contributed by atoms with Gasteiger partial charge in [-0.1, -0.05) is 95.3 Å². The van der Waals surface area contributed by atoms with Gasteiger partial charge in [0.25, 0.3) is 11.8 Å². The molecule has 4 aromatic rings. The first-order valence-electron chi connectivity index (χ1n) is 10.2. The van der Waals surface area contributed by atoms with E-state index < -0.39 is 0 Å². The summed E-state index contributed by atoms with van der Waals surface area (Å²) in [5.41, 5.74) is 4.08. The topological polar surface area (TPSA) is 81.4 Å². The number of amides is 1. The number of carbonyl (C=O) groups is 1. The van der Waals surface area contributed by atoms with Crippen LogP contribution in [0.3, 0.4) is 0 Å². The smallest absolute Gasteiger partial charge is 0.277 e. The number of carbonyl (C=O) groups excluding carboxylic acids is 1. The summed E-state index contributed by atoms with van der Waals surface area (Å²) >= 11 is 0. The van der Waals surface area contributed by atoms with Gasteiger partial charge < -0.3 is 10.1 Å². The third kappa shape index (κ3) is 5.46. The predicted octanol–water partition coefficient (Wildman–Crippen LogP) is 3.98. The molecule has 7 nitrogen and oxygen atoms in total. The molecular formula is C25H23N5O2. The molecule has 160 valence electrons. The Morgan fingerprint density at radius 1 is 0.969 bits per heavy atom. The van der Waals surface area contributed by atoms with Gasteiger partial charge in [-0.15, -0.1) is 5.10 Å². The van der Waals surface area contributed by atoms with Crippen molar-refractivity contribution in [2.75, 3.05) is 0 Å². The number of aromatic nitrogens is 3. The van der Waals surface area contributed by atoms with Gasteiger partial charge in [-0.25, -0.2) is 0 Å². The largest absolute Gasteiger partial charge is 0.470 e. The van der Waals surface area contributed by atoms with Gasteiger partial charge in [0.05, 0.1) is 6.21 Å². The molecule has 0 atom stereocenters. The van der Waals surface area contributed by atoms with Crippen molar-refractivity contribution in [3.05, 3.63) is 113 Å². The van der Waals surface area contributed by atoms with Gasteiger partial charge in [0, 0.05) is 6.54 Å². The van der Waals surface area contributed by atoms with Crippen molar-refractivity contribution in [1.82, 2.24) is 20.4 Å². The molecule has 0 fully saturated rings. The minimum absolute atomic E-state index is 0.0814. The molecule has 0 bridgehead atoms. The Kier molecular flexibility index (Phi) is 6.67. The fourth-order valence-electron chi connectivity index (χ4n) is 2.97. The average molecular weight is 425 g/mol. The van der Waals surface area contributed by atoms with Crippen molar-refractivity contribution < 1.29 is 9.53 Å². The second-order valence-corrected chi connectivity index (χ2v) is 7.23. The molecular weight excluding hydrogens is 402 g/mol. The summed E-state index contributed by atoms with van der Waals surface area (Å²) in [4.78, 5) is 14.1. The first kappa shape index (κ1) is 21.0. The SMILES string of the molecule is Cc1ccc(/C=N\n2nnc(C(=O)NCc3ccccc3)c2OCc2ccccc2)cc1. The number of hydrogen-bond donors (Lipinski definition) is 1. The summed E-state index contributed by atoms with van der Waals surface area (Å²) in [6.45, 7) is 2.65. The van der Waals surface area contributed by atoms with Crippen LogP contribution in [0, 0.1) is 6.92 Å². The predicted molar refractivity (Wildman–Crippen MR) is 123 cm³/mol. The first-order chi connectivity index (χ1) is 15.7. The third-order valence-electron chi connectivity index (χ3n) is 4.74. The van der Waals surface area contributed by atoms with Crippen molar-refractivity contribution >= 4 is 12.1 Å². The van der Waals surface area contributed by atoms with Gasteiger partial charge in [0.1, 0.15) is 6.61 Å². The highest BCUT2D eigenvalue weighted by atomic mass is 16.5. The molecule has 0 saturated heterocycles. The average Bonchev–Trinajstić information content (AvgIpc) is 3.25. The zero-order chi connectivity index (χ0) is 22.2. The highest BCUT2D eigenvalue weighted by Gasteiger charge is 2.21. The summed E-state index contributed by atoms with van der Waals surface area (Å²) in [5, 5.41) is 15.3. The molecule has 0 saturated carbocycles. The van der Waals surface area contributed by atoms with Crippen molar-refractivity contribution in [2.24, 2.45) is 5.10 Å². The molecule has 0 spiro atoms. The lowest BCUT2D eigenvalue weighted by atomic mass is 10.2. The van der Waals surface area contributed by atoms with Crippen LogP contribution in [0.5, 0.6) is 5.88 Å². The minimum Gasteiger partial charge on any atom is -0.470 e. The molecule has 3 aromatic carbocycles. The van der Waals surface area contributed by atoms with Crippen molar-refractivity contribution in [2.45, 2.75) is 20.1 Å². The Labute approximate surface area is 186 Å². The Morgan fingerprint density at radius 3 is 2.31 bits per heavy atom. The van der Waals surface area contributed by atoms with Gasteiger partial charge in [0.15, 0.2) is 0 Å². The van der Waals surface area contributed by atoms with Crippen LogP contribution in [-0.2, 0) is 13.2 Å². The number of ether oxygens (including phenoxy) is 1. The van der Waals surface area contributed by atoms with Gasteiger partial charge in [0.2, 0.25) is 5.69 Å². The van der Waals surface area contributed by atoms with Crippen molar-refractivity contribution in [3.63, 3.8) is 0 Å². The maximum Gasteiger partial charge on any atom is 0.277 e. The maximum absolute atomic E-state index is 12.8. The van der Waals surface area contributed by atoms with E-state index in [1.54, 1.807) is 6.21 Å². The third-order valence-corrected chi connectivity index (χ3v) is 4.74. The van der Waals surface area contributed by atoms with Crippen LogP contribution in [0.15, 0.2) is 90.0 Å². The molecule has 1 amide bonds. The van der Waals surface area contributed by atoms with Gasteiger partial charge >= 0.3 is 0 Å². The number of aryl methyl sites for hydroxylation is 1. The molecule has 0 unspecified atom stereocenters. The van der Waals surface area contributed by atoms with Crippen LogP contribution in [-0.4, -0.2) is 27.2 Å². The summed E-state index contributed by atoms with van der Waals surface area (Å²) in [7, 11) is 0. The molecule has 0 aliphatic rings. The summed E-state index contributed by atoms with van der Waals surface area (Å²) in [5.74, 6) is -0.198. The lowest BCUT2D eigenvalue weighted by molar-refractivity contribution is 0.0940. The first-order valence-corrected chi connectivity index (χ1v) is 10.2. The minimum atomic E-state index is -0.381. The molecule has 7 heteroatoms. The van der Waals surface area contributed by atoms with E-state index in [2.05, 4.69) is 20.7 Å². The van der Waals surface area contributed by atoms with E-state index in [1.165, 1.54) is 4.79 Å². The fraction of sp³-hybridized carbons (Fsp3) is 0.120. The number of benzene rings is 3. The Balaban J connectivity index is 1.55. The van der Waals surface area contributed by atoms with E-state index in [1.807, 2.05) is 91.9 Å². The van der Waals surface area contributed by atoms with Crippen LogP contribution < -0.4 is 10.1 Å². The zero-order valence-corrected chi connectivity index (χ0v) is 17.7.